The van der Waals surface area contributed by atoms with E-state index < -0.39 is 56.3 Å². The number of hydrogen-bond acceptors (Lipinski definition) is 13. The molecule has 6 N–H and O–H groups in total. The van der Waals surface area contributed by atoms with E-state index in [1.807, 2.05) is 0 Å². The van der Waals surface area contributed by atoms with E-state index in [-0.39, 0.29) is 24.0 Å². The number of nitrogens with one attached hydrogen (secondary N) is 2. The highest BCUT2D eigenvalue weighted by Gasteiger charge is 2.57. The van der Waals surface area contributed by atoms with Crippen molar-refractivity contribution in [3.8, 4) is 5.75 Å². The SMILES string of the molecule is CCOC(=O)[C@@H](C)NP(=O)(OC[C@H]1O[C@@H](n2cnc3c(NC)nc(N)nc32)[C@@](Cl)(CO)[C@@H]1O)Oc1ccccc1. The Balaban J connectivity index is 1.59. The predicted molar refractivity (Wildman–Crippen MR) is 145 cm³/mol. The van der Waals surface area contributed by atoms with Crippen molar-refractivity contribution in [1.29, 1.82) is 0 Å². The molecule has 0 aliphatic carbocycles. The zero-order valence-electron chi connectivity index (χ0n) is 21.9. The summed E-state index contributed by atoms with van der Waals surface area (Å²) in [5.74, 6) is -0.175. The monoisotopic (exact) mass is 599 g/mol. The average molecular weight is 600 g/mol. The number of alkyl halides is 1. The van der Waals surface area contributed by atoms with Crippen LogP contribution in [-0.4, -0.2) is 85.7 Å². The molecule has 15 nitrogen and oxygen atoms in total. The number of benzene rings is 1. The number of nitrogens with zero attached hydrogens (tertiary/aromatic N) is 4. The maximum atomic E-state index is 13.8. The van der Waals surface area contributed by atoms with E-state index in [0.717, 1.165) is 0 Å². The van der Waals surface area contributed by atoms with Gasteiger partial charge in [0.25, 0.3) is 0 Å². The summed E-state index contributed by atoms with van der Waals surface area (Å²) in [5.41, 5.74) is 6.42. The van der Waals surface area contributed by atoms with Crippen LogP contribution in [0, 0.1) is 0 Å². The standard InChI is InChI=1S/C23H31ClN7O8P/c1-4-36-20(34)13(2)30-40(35,39-14-8-6-5-7-9-14)37-10-15-17(33)23(24,11-32)21(38-15)31-12-27-16-18(26-3)28-22(25)29-19(16)31/h5-9,12-13,15,17,21,32-33H,4,10-11H2,1-3H3,(H,30,35)(H3,25,26,28,29)/t13-,15-,17-,21-,23-,40?/m1/s1. The average Bonchev–Trinajstić information content (AvgIpc) is 3.46. The second-order valence-electron chi connectivity index (χ2n) is 8.86. The predicted octanol–water partition coefficient (Wildman–Crippen LogP) is 1.42. The van der Waals surface area contributed by atoms with Gasteiger partial charge in [-0.05, 0) is 26.0 Å². The van der Waals surface area contributed by atoms with Gasteiger partial charge in [-0.25, -0.2) is 9.55 Å². The van der Waals surface area contributed by atoms with Gasteiger partial charge in [0.15, 0.2) is 23.2 Å². The number of fused-ring (bicyclic) bond motifs is 1. The van der Waals surface area contributed by atoms with Gasteiger partial charge in [-0.1, -0.05) is 18.2 Å². The van der Waals surface area contributed by atoms with Crippen LogP contribution in [0.3, 0.4) is 0 Å². The second-order valence-corrected chi connectivity index (χ2v) is 11.3. The van der Waals surface area contributed by atoms with Crippen LogP contribution in [0.25, 0.3) is 11.2 Å². The van der Waals surface area contributed by atoms with Crippen LogP contribution in [0.4, 0.5) is 11.8 Å². The first-order valence-corrected chi connectivity index (χ1v) is 14.2. The molecule has 0 radical (unpaired) electrons. The molecular formula is C23H31ClN7O8P. The number of esters is 1. The minimum Gasteiger partial charge on any atom is -0.465 e. The van der Waals surface area contributed by atoms with Gasteiger partial charge in [0.2, 0.25) is 5.95 Å². The summed E-state index contributed by atoms with van der Waals surface area (Å²) < 4.78 is 37.4. The fourth-order valence-electron chi connectivity index (χ4n) is 4.13. The lowest BCUT2D eigenvalue weighted by Crippen LogP contribution is -2.45. The van der Waals surface area contributed by atoms with Crippen molar-refractivity contribution in [3.63, 3.8) is 0 Å². The van der Waals surface area contributed by atoms with Crippen LogP contribution in [0.15, 0.2) is 36.7 Å². The highest BCUT2D eigenvalue weighted by Crippen LogP contribution is 2.48. The number of hydrogen-bond donors (Lipinski definition) is 5. The van der Waals surface area contributed by atoms with Crippen molar-refractivity contribution in [2.24, 2.45) is 0 Å². The molecule has 0 saturated carbocycles. The molecule has 3 heterocycles. The van der Waals surface area contributed by atoms with Crippen LogP contribution in [0.1, 0.15) is 20.1 Å². The quantitative estimate of drug-likeness (QED) is 0.113. The molecule has 2 aromatic heterocycles. The Kier molecular flexibility index (Phi) is 9.15. The third kappa shape index (κ3) is 6.00. The number of ether oxygens (including phenoxy) is 2. The summed E-state index contributed by atoms with van der Waals surface area (Å²) in [6.45, 7) is 1.97. The van der Waals surface area contributed by atoms with E-state index >= 15 is 0 Å². The van der Waals surface area contributed by atoms with Crippen molar-refractivity contribution < 1.29 is 38.1 Å². The molecular weight excluding hydrogens is 569 g/mol. The van der Waals surface area contributed by atoms with Crippen molar-refractivity contribution in [3.05, 3.63) is 36.7 Å². The summed E-state index contributed by atoms with van der Waals surface area (Å²) >= 11 is 6.72. The van der Waals surface area contributed by atoms with E-state index in [4.69, 9.17) is 35.9 Å². The van der Waals surface area contributed by atoms with Crippen LogP contribution >= 0.6 is 19.3 Å². The summed E-state index contributed by atoms with van der Waals surface area (Å²) in [7, 11) is -2.62. The van der Waals surface area contributed by atoms with E-state index in [2.05, 4.69) is 25.4 Å². The lowest BCUT2D eigenvalue weighted by molar-refractivity contribution is -0.144. The van der Waals surface area contributed by atoms with Crippen molar-refractivity contribution in [2.45, 2.75) is 43.2 Å². The summed E-state index contributed by atoms with van der Waals surface area (Å²) in [6.07, 6.45) is -2.56. The molecule has 1 aliphatic heterocycles. The minimum atomic E-state index is -4.25. The highest BCUT2D eigenvalue weighted by atomic mass is 35.5. The summed E-state index contributed by atoms with van der Waals surface area (Å²) in [5, 5.41) is 26.7. The van der Waals surface area contributed by atoms with Crippen molar-refractivity contribution >= 4 is 48.2 Å². The molecule has 1 aliphatic rings. The zero-order chi connectivity index (χ0) is 29.1. The normalized spacial score (nSPS) is 24.9. The van der Waals surface area contributed by atoms with E-state index in [0.29, 0.717) is 11.3 Å². The van der Waals surface area contributed by atoms with Crippen molar-refractivity contribution in [1.82, 2.24) is 24.6 Å². The largest absolute Gasteiger partial charge is 0.465 e. The number of aromatic nitrogens is 4. The van der Waals surface area contributed by atoms with Gasteiger partial charge in [-0.2, -0.15) is 15.1 Å². The molecule has 4 rings (SSSR count). The number of halogens is 1. The number of carbonyl (C=O) groups excluding carboxylic acids is 1. The number of rotatable bonds is 12. The lowest BCUT2D eigenvalue weighted by Gasteiger charge is -2.28. The van der Waals surface area contributed by atoms with Crippen LogP contribution < -0.4 is 20.7 Å². The highest BCUT2D eigenvalue weighted by molar-refractivity contribution is 7.52. The smallest absolute Gasteiger partial charge is 0.459 e. The molecule has 17 heteroatoms. The van der Waals surface area contributed by atoms with Crippen LogP contribution in [0.5, 0.6) is 5.75 Å². The molecule has 40 heavy (non-hydrogen) atoms. The van der Waals surface area contributed by atoms with Gasteiger partial charge >= 0.3 is 13.7 Å². The zero-order valence-corrected chi connectivity index (χ0v) is 23.6. The summed E-state index contributed by atoms with van der Waals surface area (Å²) in [6, 6.07) is 7.11. The van der Waals surface area contributed by atoms with Crippen molar-refractivity contribution in [2.75, 3.05) is 37.9 Å². The molecule has 0 spiro atoms. The second kappa shape index (κ2) is 12.2. The number of para-hydroxylation sites is 1. The first kappa shape index (κ1) is 29.9. The minimum absolute atomic E-state index is 0.0537. The molecule has 0 amide bonds. The van der Waals surface area contributed by atoms with Crippen LogP contribution in [-0.2, 0) is 23.4 Å². The Morgan fingerprint density at radius 2 is 2.08 bits per heavy atom. The topological polar surface area (TPSA) is 205 Å². The van der Waals surface area contributed by atoms with Gasteiger partial charge in [0.05, 0.1) is 26.1 Å². The van der Waals surface area contributed by atoms with Gasteiger partial charge in [0, 0.05) is 7.05 Å². The number of nitrogen functional groups attached to an aromatic ring is 1. The molecule has 0 bridgehead atoms. The number of carbonyl (C=O) groups is 1. The maximum Gasteiger partial charge on any atom is 0.459 e. The first-order chi connectivity index (χ1) is 19.0. The molecule has 1 fully saturated rings. The number of imidazole rings is 1. The Hall–Kier alpha value is -3.04. The molecule has 3 aromatic rings. The Morgan fingerprint density at radius 3 is 2.73 bits per heavy atom. The fourth-order valence-corrected chi connectivity index (χ4v) is 5.92. The maximum absolute atomic E-state index is 13.8. The molecule has 1 saturated heterocycles. The molecule has 1 unspecified atom stereocenters. The van der Waals surface area contributed by atoms with Gasteiger partial charge < -0.3 is 35.3 Å². The Bertz CT molecular complexity index is 1380. The number of aliphatic hydroxyl groups excluding tert-OH is 2. The first-order valence-electron chi connectivity index (χ1n) is 12.3. The summed E-state index contributed by atoms with van der Waals surface area (Å²) in [4.78, 5) is 23.0. The third-order valence-electron chi connectivity index (χ3n) is 6.10. The van der Waals surface area contributed by atoms with E-state index in [1.165, 1.54) is 17.8 Å². The van der Waals surface area contributed by atoms with E-state index in [1.54, 1.807) is 44.3 Å². The number of anilines is 2. The molecule has 218 valence electrons. The Morgan fingerprint density at radius 1 is 1.35 bits per heavy atom. The number of nitrogens with two attached hydrogens (primary N) is 1. The van der Waals surface area contributed by atoms with Gasteiger partial charge in [-0.3, -0.25) is 13.9 Å². The fraction of sp³-hybridized carbons (Fsp3) is 0.478. The number of aliphatic hydroxyl groups is 2. The van der Waals surface area contributed by atoms with Gasteiger partial charge in [0.1, 0.15) is 28.9 Å². The van der Waals surface area contributed by atoms with Crippen LogP contribution in [0.2, 0.25) is 0 Å². The molecule has 6 atom stereocenters. The van der Waals surface area contributed by atoms with Gasteiger partial charge in [-0.15, -0.1) is 11.6 Å². The van der Waals surface area contributed by atoms with E-state index in [9.17, 15) is 19.6 Å². The molecule has 1 aromatic carbocycles. The third-order valence-corrected chi connectivity index (χ3v) is 8.27. The Labute approximate surface area is 234 Å². The lowest BCUT2D eigenvalue weighted by atomic mass is 9.99.